The number of anilines is 1. The van der Waals surface area contributed by atoms with Crippen LogP contribution in [0.25, 0.3) is 39.3 Å². The number of aryl methyl sites for hydroxylation is 1. The monoisotopic (exact) mass is 504 g/mol. The Labute approximate surface area is 221 Å². The summed E-state index contributed by atoms with van der Waals surface area (Å²) in [6.45, 7) is 12.0. The minimum absolute atomic E-state index is 0.288. The molecule has 3 N–H and O–H groups in total. The fourth-order valence-electron chi connectivity index (χ4n) is 4.54. The van der Waals surface area contributed by atoms with Crippen LogP contribution in [0.3, 0.4) is 0 Å². The average Bonchev–Trinajstić information content (AvgIpc) is 3.50. The minimum Gasteiger partial charge on any atom is -0.358 e. The number of halogens is 1. The predicted molar refractivity (Wildman–Crippen MR) is 153 cm³/mol. The number of aromatic amines is 2. The van der Waals surface area contributed by atoms with Crippen molar-refractivity contribution in [1.29, 1.82) is 0 Å². The largest absolute Gasteiger partial charge is 0.358 e. The van der Waals surface area contributed by atoms with Gasteiger partial charge in [0.15, 0.2) is 0 Å². The molecule has 6 nitrogen and oxygen atoms in total. The van der Waals surface area contributed by atoms with Gasteiger partial charge in [-0.05, 0) is 60.9 Å². The van der Waals surface area contributed by atoms with E-state index < -0.39 is 0 Å². The van der Waals surface area contributed by atoms with Crippen LogP contribution < -0.4 is 5.32 Å². The van der Waals surface area contributed by atoms with Crippen LogP contribution in [0.15, 0.2) is 91.9 Å². The third-order valence-electron chi connectivity index (χ3n) is 6.29. The zero-order chi connectivity index (χ0) is 26.6. The Morgan fingerprint density at radius 2 is 2.00 bits per heavy atom. The summed E-state index contributed by atoms with van der Waals surface area (Å²) in [5, 5.41) is 11.0. The van der Waals surface area contributed by atoms with Gasteiger partial charge < -0.3 is 10.3 Å². The molecule has 0 aliphatic carbocycles. The fraction of sp³-hybridized carbons (Fsp3) is 0.129. The summed E-state index contributed by atoms with van der Waals surface area (Å²) < 4.78 is 14.0. The lowest BCUT2D eigenvalue weighted by Crippen LogP contribution is -1.98. The summed E-state index contributed by atoms with van der Waals surface area (Å²) >= 11 is 0. The zero-order valence-corrected chi connectivity index (χ0v) is 21.5. The normalized spacial score (nSPS) is 11.6. The number of hydrogen-bond donors (Lipinski definition) is 3. The summed E-state index contributed by atoms with van der Waals surface area (Å²) in [5.41, 5.74) is 10.1. The molecule has 0 amide bonds. The van der Waals surface area contributed by atoms with Crippen molar-refractivity contribution < 1.29 is 4.39 Å². The molecule has 0 aliphatic rings. The number of fused-ring (bicyclic) bond motifs is 1. The molecule has 0 aliphatic heterocycles. The zero-order valence-electron chi connectivity index (χ0n) is 21.5. The SMILES string of the molecule is C=C/C=C(/c1cccc(F)c1)c1cc(-c2n[nH]c3ccc(-c4cncc(NC(=C)CCC)c4)nc23)[nH]c1C. The molecule has 4 heterocycles. The van der Waals surface area contributed by atoms with Gasteiger partial charge in [-0.3, -0.25) is 10.1 Å². The molecule has 38 heavy (non-hydrogen) atoms. The number of nitrogens with zero attached hydrogens (tertiary/aromatic N) is 3. The van der Waals surface area contributed by atoms with Gasteiger partial charge in [-0.1, -0.05) is 50.8 Å². The summed E-state index contributed by atoms with van der Waals surface area (Å²) in [4.78, 5) is 12.8. The van der Waals surface area contributed by atoms with Crippen LogP contribution in [0.1, 0.15) is 36.6 Å². The maximum Gasteiger partial charge on any atom is 0.135 e. The van der Waals surface area contributed by atoms with Crippen molar-refractivity contribution in [2.24, 2.45) is 0 Å². The maximum absolute atomic E-state index is 14.0. The van der Waals surface area contributed by atoms with Crippen molar-refractivity contribution in [2.75, 3.05) is 5.32 Å². The van der Waals surface area contributed by atoms with Crippen LogP contribution in [0.5, 0.6) is 0 Å². The molecule has 0 saturated carbocycles. The third kappa shape index (κ3) is 5.04. The molecule has 0 radical (unpaired) electrons. The molecule has 1 aromatic carbocycles. The first-order valence-electron chi connectivity index (χ1n) is 12.5. The van der Waals surface area contributed by atoms with Crippen molar-refractivity contribution >= 4 is 22.3 Å². The van der Waals surface area contributed by atoms with Crippen molar-refractivity contribution in [2.45, 2.75) is 26.7 Å². The number of pyridine rings is 2. The Bertz CT molecular complexity index is 1670. The van der Waals surface area contributed by atoms with Gasteiger partial charge in [-0.15, -0.1) is 0 Å². The second-order valence-electron chi connectivity index (χ2n) is 9.15. The van der Waals surface area contributed by atoms with Crippen LogP contribution in [0.2, 0.25) is 0 Å². The van der Waals surface area contributed by atoms with Crippen LogP contribution in [0, 0.1) is 12.7 Å². The van der Waals surface area contributed by atoms with E-state index in [1.807, 2.05) is 43.3 Å². The van der Waals surface area contributed by atoms with Crippen molar-refractivity contribution in [3.8, 4) is 22.6 Å². The van der Waals surface area contributed by atoms with E-state index in [1.54, 1.807) is 24.5 Å². The van der Waals surface area contributed by atoms with Gasteiger partial charge in [0.05, 0.1) is 28.8 Å². The van der Waals surface area contributed by atoms with Gasteiger partial charge in [0, 0.05) is 28.7 Å². The first kappa shape index (κ1) is 24.9. The lowest BCUT2D eigenvalue weighted by molar-refractivity contribution is 0.627. The number of nitrogens with one attached hydrogen (secondary N) is 3. The number of aromatic nitrogens is 5. The van der Waals surface area contributed by atoms with E-state index in [9.17, 15) is 4.39 Å². The minimum atomic E-state index is -0.288. The lowest BCUT2D eigenvalue weighted by Gasteiger charge is -2.09. The molecular weight excluding hydrogens is 475 g/mol. The molecule has 0 unspecified atom stereocenters. The standard InChI is InChI=1S/C31H29FN6/c1-5-8-19(3)34-24-15-22(17-33-18-24)27-12-13-28-30(36-27)31(38-37-28)29-16-26(20(4)35-29)25(9-6-2)21-10-7-11-23(32)14-21/h6-7,9-18,34-35H,2-3,5,8H2,1,4H3,(H,37,38)/b25-9-. The molecule has 190 valence electrons. The summed E-state index contributed by atoms with van der Waals surface area (Å²) in [6, 6.07) is 14.5. The molecule has 0 atom stereocenters. The van der Waals surface area contributed by atoms with Crippen LogP contribution >= 0.6 is 0 Å². The Kier molecular flexibility index (Phi) is 7.00. The third-order valence-corrected chi connectivity index (χ3v) is 6.29. The first-order chi connectivity index (χ1) is 18.5. The van der Waals surface area contributed by atoms with Crippen LogP contribution in [0.4, 0.5) is 10.1 Å². The topological polar surface area (TPSA) is 82.3 Å². The number of allylic oxidation sites excluding steroid dienone is 3. The van der Waals surface area contributed by atoms with Crippen LogP contribution in [-0.2, 0) is 0 Å². The quantitative estimate of drug-likeness (QED) is 0.179. The van der Waals surface area contributed by atoms with Gasteiger partial charge in [0.2, 0.25) is 0 Å². The van der Waals surface area contributed by atoms with Gasteiger partial charge in [-0.25, -0.2) is 9.37 Å². The van der Waals surface area contributed by atoms with E-state index in [2.05, 4.69) is 45.6 Å². The van der Waals surface area contributed by atoms with E-state index in [1.165, 1.54) is 12.1 Å². The van der Waals surface area contributed by atoms with E-state index in [0.29, 0.717) is 5.69 Å². The Balaban J connectivity index is 1.53. The number of benzene rings is 1. The molecule has 0 saturated heterocycles. The average molecular weight is 505 g/mol. The lowest BCUT2D eigenvalue weighted by atomic mass is 9.97. The van der Waals surface area contributed by atoms with Crippen molar-refractivity contribution in [3.63, 3.8) is 0 Å². The molecular formula is C31H29FN6. The summed E-state index contributed by atoms with van der Waals surface area (Å²) in [5.74, 6) is -0.288. The molecule has 5 rings (SSSR count). The van der Waals surface area contributed by atoms with Gasteiger partial charge in [0.25, 0.3) is 0 Å². The highest BCUT2D eigenvalue weighted by atomic mass is 19.1. The highest BCUT2D eigenvalue weighted by Crippen LogP contribution is 2.33. The van der Waals surface area contributed by atoms with Gasteiger partial charge in [0.1, 0.15) is 17.0 Å². The highest BCUT2D eigenvalue weighted by Gasteiger charge is 2.17. The second kappa shape index (κ2) is 10.7. The second-order valence-corrected chi connectivity index (χ2v) is 9.15. The first-order valence-corrected chi connectivity index (χ1v) is 12.5. The molecule has 7 heteroatoms. The highest BCUT2D eigenvalue weighted by molar-refractivity contribution is 5.92. The predicted octanol–water partition coefficient (Wildman–Crippen LogP) is 7.81. The fourth-order valence-corrected chi connectivity index (χ4v) is 4.54. The number of rotatable bonds is 9. The molecule has 0 spiro atoms. The van der Waals surface area contributed by atoms with E-state index in [0.717, 1.165) is 74.6 Å². The van der Waals surface area contributed by atoms with Crippen LogP contribution in [-0.4, -0.2) is 25.1 Å². The Morgan fingerprint density at radius 1 is 1.13 bits per heavy atom. The Morgan fingerprint density at radius 3 is 2.79 bits per heavy atom. The Hall–Kier alpha value is -4.78. The number of H-pyrrole nitrogens is 2. The molecule has 0 bridgehead atoms. The van der Waals surface area contributed by atoms with Gasteiger partial charge in [-0.2, -0.15) is 5.10 Å². The smallest absolute Gasteiger partial charge is 0.135 e. The summed E-state index contributed by atoms with van der Waals surface area (Å²) in [7, 11) is 0. The van der Waals surface area contributed by atoms with E-state index in [-0.39, 0.29) is 5.82 Å². The van der Waals surface area contributed by atoms with Crippen molar-refractivity contribution in [3.05, 3.63) is 115 Å². The number of hydrogen-bond acceptors (Lipinski definition) is 4. The van der Waals surface area contributed by atoms with Gasteiger partial charge >= 0.3 is 0 Å². The maximum atomic E-state index is 14.0. The molecule has 5 aromatic rings. The van der Waals surface area contributed by atoms with E-state index >= 15 is 0 Å². The molecule has 0 fully saturated rings. The molecule has 4 aromatic heterocycles. The summed E-state index contributed by atoms with van der Waals surface area (Å²) in [6.07, 6.45) is 9.09. The van der Waals surface area contributed by atoms with Crippen molar-refractivity contribution in [1.82, 2.24) is 25.1 Å². The van der Waals surface area contributed by atoms with E-state index in [4.69, 9.17) is 4.98 Å².